The number of benzene rings is 3. The molecule has 0 radical (unpaired) electrons. The molecule has 1 aliphatic rings. The summed E-state index contributed by atoms with van der Waals surface area (Å²) in [5.74, 6) is 0.0656. The van der Waals surface area contributed by atoms with Crippen LogP contribution in [-0.2, 0) is 22.7 Å². The number of rotatable bonds is 7. The van der Waals surface area contributed by atoms with Crippen LogP contribution in [0.4, 0.5) is 18.0 Å². The van der Waals surface area contributed by atoms with Gasteiger partial charge in [0.25, 0.3) is 10.1 Å². The smallest absolute Gasteiger partial charge is 0.335 e. The molecule has 264 valence electrons. The predicted molar refractivity (Wildman–Crippen MR) is 182 cm³/mol. The van der Waals surface area contributed by atoms with Crippen molar-refractivity contribution in [2.45, 2.75) is 64.1 Å². The van der Waals surface area contributed by atoms with Crippen molar-refractivity contribution in [1.29, 1.82) is 5.26 Å². The summed E-state index contributed by atoms with van der Waals surface area (Å²) in [7, 11) is -4.43. The summed E-state index contributed by atoms with van der Waals surface area (Å²) < 4.78 is 78.2. The van der Waals surface area contributed by atoms with Crippen molar-refractivity contribution in [2.75, 3.05) is 0 Å². The standard InChI is InChI=1S/C36H33F3N6O5S/c1-20-21(2)26(17-32(22(20)3)51(48,49)50)14-25-15-28(16-25)42-34(46)44-33(31-12-13-41-45(31)29-10-8-24(19-40)9-11-29)23(4)43(35(44)47)30-7-5-6-27(18-30)36(37,38)39/h5-13,17-18,25,28H,14-16H2,1-4H3,(H,42,46)(H,48,49,50). The average molecular weight is 719 g/mol. The number of carbonyl (C=O) groups is 1. The third kappa shape index (κ3) is 6.60. The molecular formula is C36H33F3N6O5S. The molecule has 1 amide bonds. The maximum Gasteiger partial charge on any atom is 0.416 e. The van der Waals surface area contributed by atoms with Crippen molar-refractivity contribution in [3.8, 4) is 28.8 Å². The molecule has 1 aliphatic carbocycles. The molecule has 51 heavy (non-hydrogen) atoms. The van der Waals surface area contributed by atoms with E-state index in [0.29, 0.717) is 41.8 Å². The molecule has 6 rings (SSSR count). The molecule has 1 saturated carbocycles. The Kier molecular flexibility index (Phi) is 9.03. The monoisotopic (exact) mass is 718 g/mol. The summed E-state index contributed by atoms with van der Waals surface area (Å²) in [6.45, 7) is 6.85. The first-order valence-electron chi connectivity index (χ1n) is 15.9. The first-order chi connectivity index (χ1) is 24.0. The van der Waals surface area contributed by atoms with Gasteiger partial charge < -0.3 is 5.32 Å². The highest BCUT2D eigenvalue weighted by molar-refractivity contribution is 7.85. The van der Waals surface area contributed by atoms with Gasteiger partial charge in [-0.3, -0.25) is 9.12 Å². The van der Waals surface area contributed by atoms with Crippen LogP contribution in [0.1, 0.15) is 51.9 Å². The van der Waals surface area contributed by atoms with E-state index in [1.165, 1.54) is 36.0 Å². The number of nitrogens with zero attached hydrogens (tertiary/aromatic N) is 5. The highest BCUT2D eigenvalue weighted by atomic mass is 32.2. The Bertz CT molecular complexity index is 2400. The van der Waals surface area contributed by atoms with Crippen LogP contribution in [0.2, 0.25) is 0 Å². The van der Waals surface area contributed by atoms with E-state index >= 15 is 0 Å². The van der Waals surface area contributed by atoms with E-state index < -0.39 is 33.6 Å². The summed E-state index contributed by atoms with van der Waals surface area (Å²) in [5, 5.41) is 16.5. The SMILES string of the molecule is Cc1c(CC2CC(NC(=O)n3c(-c4ccnn4-c4ccc(C#N)cc4)c(C)n(-c4cccc(C(F)(F)F)c4)c3=O)C2)cc(S(=O)(=O)O)c(C)c1C. The Morgan fingerprint density at radius 3 is 2.31 bits per heavy atom. The van der Waals surface area contributed by atoms with Crippen LogP contribution < -0.4 is 11.0 Å². The molecule has 0 atom stereocenters. The lowest BCUT2D eigenvalue weighted by Gasteiger charge is -2.36. The number of halogens is 3. The number of aromatic nitrogens is 4. The Morgan fingerprint density at radius 2 is 1.69 bits per heavy atom. The van der Waals surface area contributed by atoms with Gasteiger partial charge in [0.2, 0.25) is 0 Å². The second kappa shape index (κ2) is 13.0. The van der Waals surface area contributed by atoms with Gasteiger partial charge in [-0.15, -0.1) is 0 Å². The molecule has 2 N–H and O–H groups in total. The molecule has 0 spiro atoms. The largest absolute Gasteiger partial charge is 0.416 e. The molecule has 5 aromatic rings. The van der Waals surface area contributed by atoms with Gasteiger partial charge in [0.05, 0.1) is 51.1 Å². The summed E-state index contributed by atoms with van der Waals surface area (Å²) >= 11 is 0. The molecule has 1 fully saturated rings. The van der Waals surface area contributed by atoms with Crippen LogP contribution in [0, 0.1) is 44.9 Å². The summed E-state index contributed by atoms with van der Waals surface area (Å²) in [5.41, 5.74) is 2.51. The van der Waals surface area contributed by atoms with Crippen molar-refractivity contribution in [3.05, 3.63) is 116 Å². The van der Waals surface area contributed by atoms with E-state index in [0.717, 1.165) is 38.0 Å². The van der Waals surface area contributed by atoms with Crippen molar-refractivity contribution >= 4 is 16.1 Å². The molecule has 2 heterocycles. The number of alkyl halides is 3. The molecule has 3 aromatic carbocycles. The lowest BCUT2D eigenvalue weighted by molar-refractivity contribution is -0.137. The number of hydrogen-bond acceptors (Lipinski definition) is 6. The Labute approximate surface area is 291 Å². The topological polar surface area (TPSA) is 152 Å². The zero-order chi connectivity index (χ0) is 37.0. The van der Waals surface area contributed by atoms with E-state index in [1.54, 1.807) is 44.2 Å². The van der Waals surface area contributed by atoms with Gasteiger partial charge in [0, 0.05) is 6.04 Å². The van der Waals surface area contributed by atoms with Crippen LogP contribution >= 0.6 is 0 Å². The maximum absolute atomic E-state index is 14.1. The number of nitrogens with one attached hydrogen (secondary N) is 1. The lowest BCUT2D eigenvalue weighted by atomic mass is 9.75. The van der Waals surface area contributed by atoms with Crippen molar-refractivity contribution < 1.29 is 30.9 Å². The quantitative estimate of drug-likeness (QED) is 0.184. The van der Waals surface area contributed by atoms with Crippen LogP contribution in [0.15, 0.2) is 76.6 Å². The van der Waals surface area contributed by atoms with Gasteiger partial charge in [0.1, 0.15) is 5.69 Å². The van der Waals surface area contributed by atoms with Gasteiger partial charge in [-0.2, -0.15) is 31.9 Å². The molecule has 2 aromatic heterocycles. The molecule has 0 bridgehead atoms. The summed E-state index contributed by atoms with van der Waals surface area (Å²) in [6.07, 6.45) is -1.68. The second-order valence-corrected chi connectivity index (χ2v) is 14.2. The fourth-order valence-corrected chi connectivity index (χ4v) is 7.55. The lowest BCUT2D eigenvalue weighted by Crippen LogP contribution is -2.48. The summed E-state index contributed by atoms with van der Waals surface area (Å²) in [4.78, 5) is 27.9. The van der Waals surface area contributed by atoms with Crippen LogP contribution in [0.25, 0.3) is 22.8 Å². The van der Waals surface area contributed by atoms with E-state index in [-0.39, 0.29) is 33.9 Å². The van der Waals surface area contributed by atoms with Crippen molar-refractivity contribution in [1.82, 2.24) is 24.2 Å². The third-order valence-electron chi connectivity index (χ3n) is 9.68. The molecule has 11 nitrogen and oxygen atoms in total. The zero-order valence-corrected chi connectivity index (χ0v) is 28.8. The fourth-order valence-electron chi connectivity index (χ4n) is 6.72. The first kappa shape index (κ1) is 35.4. The number of nitriles is 1. The molecule has 0 aliphatic heterocycles. The minimum absolute atomic E-state index is 0.0656. The Morgan fingerprint density at radius 1 is 1.00 bits per heavy atom. The van der Waals surface area contributed by atoms with Crippen molar-refractivity contribution in [3.63, 3.8) is 0 Å². The van der Waals surface area contributed by atoms with Gasteiger partial charge in [-0.1, -0.05) is 6.07 Å². The van der Waals surface area contributed by atoms with Gasteiger partial charge in [0.15, 0.2) is 0 Å². The average Bonchev–Trinajstić information content (AvgIpc) is 3.64. The number of amides is 1. The van der Waals surface area contributed by atoms with E-state index in [4.69, 9.17) is 0 Å². The normalized spacial score (nSPS) is 16.1. The minimum Gasteiger partial charge on any atom is -0.335 e. The third-order valence-corrected chi connectivity index (χ3v) is 10.7. The van der Waals surface area contributed by atoms with Crippen LogP contribution in [0.5, 0.6) is 0 Å². The number of imidazole rings is 1. The number of hydrogen-bond donors (Lipinski definition) is 2. The molecular weight excluding hydrogens is 685 g/mol. The van der Waals surface area contributed by atoms with Gasteiger partial charge >= 0.3 is 17.9 Å². The van der Waals surface area contributed by atoms with E-state index in [2.05, 4.69) is 10.4 Å². The van der Waals surface area contributed by atoms with Gasteiger partial charge in [-0.05, 0) is 130 Å². The zero-order valence-electron chi connectivity index (χ0n) is 28.0. The predicted octanol–water partition coefficient (Wildman–Crippen LogP) is 6.44. The highest BCUT2D eigenvalue weighted by Gasteiger charge is 2.35. The van der Waals surface area contributed by atoms with E-state index in [1.807, 2.05) is 13.0 Å². The summed E-state index contributed by atoms with van der Waals surface area (Å²) in [6, 6.07) is 14.7. The highest BCUT2D eigenvalue weighted by Crippen LogP contribution is 2.35. The molecule has 15 heteroatoms. The molecule has 0 saturated heterocycles. The first-order valence-corrected chi connectivity index (χ1v) is 17.4. The molecule has 0 unspecified atom stereocenters. The van der Waals surface area contributed by atoms with Gasteiger partial charge in [-0.25, -0.2) is 18.8 Å². The second-order valence-electron chi connectivity index (χ2n) is 12.8. The fraction of sp³-hybridized carbons (Fsp3) is 0.278. The Hall–Kier alpha value is -5.46. The van der Waals surface area contributed by atoms with E-state index in [9.17, 15) is 41.0 Å². The Balaban J connectivity index is 1.34. The van der Waals surface area contributed by atoms with Crippen LogP contribution in [0.3, 0.4) is 0 Å². The minimum atomic E-state index is -4.67. The van der Waals surface area contributed by atoms with Crippen LogP contribution in [-0.4, -0.2) is 44.0 Å². The van der Waals surface area contributed by atoms with Crippen molar-refractivity contribution in [2.24, 2.45) is 5.92 Å². The number of carbonyl (C=O) groups excluding carboxylic acids is 1. The maximum atomic E-state index is 14.1.